The van der Waals surface area contributed by atoms with E-state index < -0.39 is 0 Å². The van der Waals surface area contributed by atoms with Gasteiger partial charge < -0.3 is 14.5 Å². The van der Waals surface area contributed by atoms with Crippen molar-refractivity contribution < 1.29 is 4.74 Å². The molecule has 0 amide bonds. The second kappa shape index (κ2) is 7.46. The van der Waals surface area contributed by atoms with Crippen LogP contribution in [-0.4, -0.2) is 42.5 Å². The number of aromatic nitrogens is 1. The number of benzene rings is 1. The quantitative estimate of drug-likeness (QED) is 0.856. The van der Waals surface area contributed by atoms with E-state index >= 15 is 0 Å². The van der Waals surface area contributed by atoms with Gasteiger partial charge in [0.25, 0.3) is 0 Å². The van der Waals surface area contributed by atoms with Crippen molar-refractivity contribution >= 4 is 11.5 Å². The number of anilines is 1. The number of pyridine rings is 1. The van der Waals surface area contributed by atoms with Crippen LogP contribution >= 0.6 is 0 Å². The Bertz CT molecular complexity index is 888. The molecule has 0 aliphatic carbocycles. The Morgan fingerprint density at radius 3 is 2.86 bits per heavy atom. The first-order valence-electron chi connectivity index (χ1n) is 10.2. The molecule has 2 aromatic rings. The molecule has 5 heteroatoms. The van der Waals surface area contributed by atoms with Crippen LogP contribution < -0.4 is 9.64 Å². The van der Waals surface area contributed by atoms with Crippen LogP contribution in [0.2, 0.25) is 0 Å². The molecule has 28 heavy (non-hydrogen) atoms. The minimum atomic E-state index is 0.402. The number of fused-ring (bicyclic) bond motifs is 2. The average molecular weight is 378 g/mol. The topological polar surface area (TPSA) is 52.5 Å². The molecule has 0 fully saturated rings. The van der Waals surface area contributed by atoms with Crippen molar-refractivity contribution in [3.63, 3.8) is 0 Å². The molecule has 5 nitrogen and oxygen atoms in total. The fourth-order valence-electron chi connectivity index (χ4n) is 3.91. The number of rotatable bonds is 5. The highest BCUT2D eigenvalue weighted by Crippen LogP contribution is 2.39. The van der Waals surface area contributed by atoms with Crippen molar-refractivity contribution in [1.82, 2.24) is 9.88 Å². The van der Waals surface area contributed by atoms with Gasteiger partial charge in [-0.3, -0.25) is 5.41 Å². The standard InChI is InChI=1S/C23H29N4O/c1-5-18-7-6-17-14-27(23(24)21(17)25-18)9-8-16-12-19(15(2)3)22-20(13-16)26(4)10-11-28-22/h6-8,12-13,15,24H,5,9-11,14H2,1-4H3. The van der Waals surface area contributed by atoms with Gasteiger partial charge in [-0.2, -0.15) is 0 Å². The summed E-state index contributed by atoms with van der Waals surface area (Å²) in [5.41, 5.74) is 6.65. The van der Waals surface area contributed by atoms with E-state index in [1.807, 2.05) is 0 Å². The second-order valence-electron chi connectivity index (χ2n) is 7.98. The fourth-order valence-corrected chi connectivity index (χ4v) is 3.91. The molecule has 1 aromatic heterocycles. The Morgan fingerprint density at radius 1 is 1.29 bits per heavy atom. The van der Waals surface area contributed by atoms with Gasteiger partial charge in [0.1, 0.15) is 23.9 Å². The summed E-state index contributed by atoms with van der Waals surface area (Å²) in [4.78, 5) is 9.02. The Kier molecular flexibility index (Phi) is 5.00. The summed E-state index contributed by atoms with van der Waals surface area (Å²) < 4.78 is 5.99. The van der Waals surface area contributed by atoms with Gasteiger partial charge in [-0.1, -0.05) is 32.9 Å². The van der Waals surface area contributed by atoms with Crippen LogP contribution in [0.3, 0.4) is 0 Å². The zero-order valence-electron chi connectivity index (χ0n) is 17.2. The smallest absolute Gasteiger partial charge is 0.147 e. The zero-order valence-corrected chi connectivity index (χ0v) is 17.2. The van der Waals surface area contributed by atoms with Crippen molar-refractivity contribution in [2.45, 2.75) is 39.7 Å². The molecule has 0 saturated heterocycles. The molecule has 0 bridgehead atoms. The maximum atomic E-state index is 8.53. The first-order valence-corrected chi connectivity index (χ1v) is 10.2. The molecule has 0 unspecified atom stereocenters. The maximum absolute atomic E-state index is 8.53. The van der Waals surface area contributed by atoms with Crippen LogP contribution in [-0.2, 0) is 13.0 Å². The number of ether oxygens (including phenoxy) is 1. The minimum absolute atomic E-state index is 0.402. The van der Waals surface area contributed by atoms with E-state index in [9.17, 15) is 0 Å². The van der Waals surface area contributed by atoms with Crippen LogP contribution in [0.5, 0.6) is 5.75 Å². The predicted molar refractivity (Wildman–Crippen MR) is 114 cm³/mol. The average Bonchev–Trinajstić information content (AvgIpc) is 3.01. The van der Waals surface area contributed by atoms with Crippen molar-refractivity contribution in [2.24, 2.45) is 0 Å². The number of hydrogen-bond acceptors (Lipinski definition) is 4. The van der Waals surface area contributed by atoms with Crippen molar-refractivity contribution in [1.29, 1.82) is 5.41 Å². The summed E-state index contributed by atoms with van der Waals surface area (Å²) in [6.45, 7) is 9.63. The first-order chi connectivity index (χ1) is 13.5. The molecule has 147 valence electrons. The largest absolute Gasteiger partial charge is 0.489 e. The third-order valence-corrected chi connectivity index (χ3v) is 5.67. The van der Waals surface area contributed by atoms with Crippen LogP contribution in [0.4, 0.5) is 5.69 Å². The Hall–Kier alpha value is -2.56. The zero-order chi connectivity index (χ0) is 19.8. The van der Waals surface area contributed by atoms with E-state index in [-0.39, 0.29) is 0 Å². The van der Waals surface area contributed by atoms with Crippen LogP contribution in [0.25, 0.3) is 0 Å². The van der Waals surface area contributed by atoms with Crippen LogP contribution in [0.1, 0.15) is 54.8 Å². The number of nitrogens with zero attached hydrogens (tertiary/aromatic N) is 3. The lowest BCUT2D eigenvalue weighted by Crippen LogP contribution is -2.30. The van der Waals surface area contributed by atoms with E-state index in [4.69, 9.17) is 10.1 Å². The number of nitrogens with one attached hydrogen (secondary N) is 1. The fraction of sp³-hybridized carbons (Fsp3) is 0.435. The van der Waals surface area contributed by atoms with E-state index in [0.29, 0.717) is 18.3 Å². The number of hydrogen-bond donors (Lipinski definition) is 1. The van der Waals surface area contributed by atoms with Gasteiger partial charge in [-0.05, 0) is 35.6 Å². The molecule has 0 atom stereocenters. The van der Waals surface area contributed by atoms with Gasteiger partial charge in [-0.25, -0.2) is 4.98 Å². The molecule has 0 spiro atoms. The molecule has 1 N–H and O–H groups in total. The van der Waals surface area contributed by atoms with Gasteiger partial charge in [0.15, 0.2) is 0 Å². The second-order valence-corrected chi connectivity index (χ2v) is 7.98. The summed E-state index contributed by atoms with van der Waals surface area (Å²) in [6.07, 6.45) is 3.12. The summed E-state index contributed by atoms with van der Waals surface area (Å²) in [7, 11) is 2.12. The highest BCUT2D eigenvalue weighted by molar-refractivity contribution is 5.98. The lowest BCUT2D eigenvalue weighted by molar-refractivity contribution is 0.306. The molecule has 1 aromatic carbocycles. The van der Waals surface area contributed by atoms with Crippen molar-refractivity contribution in [3.05, 3.63) is 58.8 Å². The first kappa shape index (κ1) is 18.8. The summed E-state index contributed by atoms with van der Waals surface area (Å²) >= 11 is 0. The molecule has 3 heterocycles. The third-order valence-electron chi connectivity index (χ3n) is 5.67. The normalized spacial score (nSPS) is 15.7. The van der Waals surface area contributed by atoms with Crippen LogP contribution in [0, 0.1) is 11.8 Å². The van der Waals surface area contributed by atoms with E-state index in [2.05, 4.69) is 73.3 Å². The SMILES string of the molecule is CCc1ccc2c(n1)C(=N)N(C[CH]c1cc(C(C)C)c3c(c1)N(C)CCO3)C2. The molecule has 4 rings (SSSR count). The molecular weight excluding hydrogens is 348 g/mol. The molecule has 2 aliphatic rings. The van der Waals surface area contributed by atoms with E-state index in [0.717, 1.165) is 54.5 Å². The Labute approximate surface area is 167 Å². The maximum Gasteiger partial charge on any atom is 0.147 e. The summed E-state index contributed by atoms with van der Waals surface area (Å²) in [5.74, 6) is 1.96. The van der Waals surface area contributed by atoms with Gasteiger partial charge >= 0.3 is 0 Å². The third kappa shape index (κ3) is 3.34. The Morgan fingerprint density at radius 2 is 2.11 bits per heavy atom. The highest BCUT2D eigenvalue weighted by Gasteiger charge is 2.26. The highest BCUT2D eigenvalue weighted by atomic mass is 16.5. The van der Waals surface area contributed by atoms with Crippen molar-refractivity contribution in [3.8, 4) is 5.75 Å². The van der Waals surface area contributed by atoms with Crippen LogP contribution in [0.15, 0.2) is 24.3 Å². The van der Waals surface area contributed by atoms with Gasteiger partial charge in [0, 0.05) is 37.8 Å². The summed E-state index contributed by atoms with van der Waals surface area (Å²) in [6, 6.07) is 8.65. The summed E-state index contributed by atoms with van der Waals surface area (Å²) in [5, 5.41) is 8.53. The minimum Gasteiger partial charge on any atom is -0.489 e. The van der Waals surface area contributed by atoms with Gasteiger partial charge in [-0.15, -0.1) is 0 Å². The van der Waals surface area contributed by atoms with Crippen molar-refractivity contribution in [2.75, 3.05) is 31.6 Å². The van der Waals surface area contributed by atoms with E-state index in [1.54, 1.807) is 0 Å². The van der Waals surface area contributed by atoms with Gasteiger partial charge in [0.05, 0.1) is 12.2 Å². The van der Waals surface area contributed by atoms with E-state index in [1.165, 1.54) is 11.1 Å². The molecule has 2 aliphatic heterocycles. The number of amidine groups is 1. The Balaban J connectivity index is 1.53. The molecule has 1 radical (unpaired) electrons. The lowest BCUT2D eigenvalue weighted by atomic mass is 9.96. The molecular formula is C23H29N4O. The number of aryl methyl sites for hydroxylation is 1. The lowest BCUT2D eigenvalue weighted by Gasteiger charge is -2.31. The number of likely N-dealkylation sites (N-methyl/N-ethyl adjacent to an activating group) is 1. The monoisotopic (exact) mass is 377 g/mol. The molecule has 0 saturated carbocycles. The predicted octanol–water partition coefficient (Wildman–Crippen LogP) is 3.99. The van der Waals surface area contributed by atoms with Gasteiger partial charge in [0.2, 0.25) is 0 Å².